The van der Waals surface area contributed by atoms with Crippen LogP contribution in [0.3, 0.4) is 0 Å². The third-order valence-electron chi connectivity index (χ3n) is 2.20. The maximum Gasteiger partial charge on any atom is 0.274 e. The maximum atomic E-state index is 11.2. The fraction of sp³-hybridized carbons (Fsp3) is 0.222. The van der Waals surface area contributed by atoms with E-state index in [1.807, 2.05) is 0 Å². The Balaban J connectivity index is 3.73. The number of nitro groups is 1. The van der Waals surface area contributed by atoms with E-state index in [9.17, 15) is 23.3 Å². The number of carbonyl (C=O) groups excluding carboxylic acids is 1. The number of nitrogens with zero attached hydrogens (tertiary/aromatic N) is 1. The summed E-state index contributed by atoms with van der Waals surface area (Å²) < 4.78 is 22.5. The van der Waals surface area contributed by atoms with Gasteiger partial charge in [0, 0.05) is 27.9 Å². The largest absolute Gasteiger partial charge is 0.295 e. The number of ketones is 1. The van der Waals surface area contributed by atoms with E-state index in [1.165, 1.54) is 13.8 Å². The maximum absolute atomic E-state index is 11.2. The van der Waals surface area contributed by atoms with Crippen molar-refractivity contribution < 1.29 is 18.1 Å². The third kappa shape index (κ3) is 2.80. The molecule has 0 heterocycles. The minimum atomic E-state index is -4.13. The van der Waals surface area contributed by atoms with Gasteiger partial charge in [-0.05, 0) is 19.9 Å². The Morgan fingerprint density at radius 1 is 1.41 bits per heavy atom. The molecule has 0 aliphatic rings. The van der Waals surface area contributed by atoms with Crippen molar-refractivity contribution in [3.05, 3.63) is 33.4 Å². The second kappa shape index (κ2) is 4.42. The van der Waals surface area contributed by atoms with Crippen LogP contribution in [0, 0.1) is 17.0 Å². The van der Waals surface area contributed by atoms with Crippen LogP contribution in [0.25, 0.3) is 0 Å². The van der Waals surface area contributed by atoms with Gasteiger partial charge in [0.2, 0.25) is 0 Å². The Kier molecular flexibility index (Phi) is 3.53. The van der Waals surface area contributed by atoms with Crippen molar-refractivity contribution in [1.82, 2.24) is 0 Å². The smallest absolute Gasteiger partial charge is 0.274 e. The van der Waals surface area contributed by atoms with Gasteiger partial charge in [-0.3, -0.25) is 14.9 Å². The standard InChI is InChI=1S/C9H8ClNO5S/c1-5-8(11(13)14)3-7(6(2)12)4-9(5)17(10,15)16/h3-4H,1-2H3. The summed E-state index contributed by atoms with van der Waals surface area (Å²) in [6, 6.07) is 2.07. The molecule has 6 nitrogen and oxygen atoms in total. The molecule has 0 spiro atoms. The second-order valence-corrected chi connectivity index (χ2v) is 5.90. The predicted molar refractivity (Wildman–Crippen MR) is 60.9 cm³/mol. The topological polar surface area (TPSA) is 94.3 Å². The summed E-state index contributed by atoms with van der Waals surface area (Å²) >= 11 is 0. The Hall–Kier alpha value is -1.47. The van der Waals surface area contributed by atoms with Crippen LogP contribution < -0.4 is 0 Å². The molecule has 0 saturated carbocycles. The lowest BCUT2D eigenvalue weighted by Crippen LogP contribution is -2.04. The summed E-state index contributed by atoms with van der Waals surface area (Å²) in [6.07, 6.45) is 0. The molecule has 0 radical (unpaired) electrons. The van der Waals surface area contributed by atoms with Crippen LogP contribution in [0.15, 0.2) is 17.0 Å². The van der Waals surface area contributed by atoms with E-state index >= 15 is 0 Å². The van der Waals surface area contributed by atoms with E-state index in [2.05, 4.69) is 0 Å². The van der Waals surface area contributed by atoms with Gasteiger partial charge in [0.05, 0.1) is 9.82 Å². The van der Waals surface area contributed by atoms with Gasteiger partial charge in [0.15, 0.2) is 5.78 Å². The number of nitro benzene ring substituents is 1. The molecule has 0 amide bonds. The summed E-state index contributed by atoms with van der Waals surface area (Å²) in [5.74, 6) is -0.477. The average molecular weight is 278 g/mol. The van der Waals surface area contributed by atoms with E-state index < -0.39 is 30.3 Å². The predicted octanol–water partition coefficient (Wildman–Crippen LogP) is 2.03. The van der Waals surface area contributed by atoms with Crippen LogP contribution in [0.2, 0.25) is 0 Å². The number of benzene rings is 1. The van der Waals surface area contributed by atoms with Crippen molar-refractivity contribution in [1.29, 1.82) is 0 Å². The lowest BCUT2D eigenvalue weighted by atomic mass is 10.1. The highest BCUT2D eigenvalue weighted by Gasteiger charge is 2.24. The molecule has 0 aliphatic heterocycles. The average Bonchev–Trinajstić information content (AvgIpc) is 2.15. The summed E-state index contributed by atoms with van der Waals surface area (Å²) in [4.78, 5) is 20.7. The van der Waals surface area contributed by atoms with Crippen LogP contribution in [-0.4, -0.2) is 19.1 Å². The van der Waals surface area contributed by atoms with Crippen molar-refractivity contribution >= 4 is 31.2 Å². The molecular formula is C9H8ClNO5S. The molecule has 1 rings (SSSR count). The van der Waals surface area contributed by atoms with Crippen LogP contribution in [0.5, 0.6) is 0 Å². The fourth-order valence-electron chi connectivity index (χ4n) is 1.32. The molecule has 8 heteroatoms. The highest BCUT2D eigenvalue weighted by atomic mass is 35.7. The molecule has 0 unspecified atom stereocenters. The quantitative estimate of drug-likeness (QED) is 0.365. The summed E-state index contributed by atoms with van der Waals surface area (Å²) in [5, 5.41) is 10.7. The third-order valence-corrected chi connectivity index (χ3v) is 3.65. The lowest BCUT2D eigenvalue weighted by molar-refractivity contribution is -0.385. The first-order chi connectivity index (χ1) is 7.64. The number of halogens is 1. The zero-order valence-electron chi connectivity index (χ0n) is 8.93. The van der Waals surface area contributed by atoms with Crippen LogP contribution in [0.4, 0.5) is 5.69 Å². The molecule has 17 heavy (non-hydrogen) atoms. The zero-order valence-corrected chi connectivity index (χ0v) is 10.5. The van der Waals surface area contributed by atoms with Crippen molar-refractivity contribution in [3.63, 3.8) is 0 Å². The van der Waals surface area contributed by atoms with Gasteiger partial charge in [-0.2, -0.15) is 0 Å². The molecule has 0 fully saturated rings. The molecule has 0 bridgehead atoms. The Morgan fingerprint density at radius 2 is 1.94 bits per heavy atom. The lowest BCUT2D eigenvalue weighted by Gasteiger charge is -2.05. The van der Waals surface area contributed by atoms with Gasteiger partial charge in [-0.25, -0.2) is 8.42 Å². The normalized spacial score (nSPS) is 11.2. The molecule has 0 atom stereocenters. The van der Waals surface area contributed by atoms with E-state index in [-0.39, 0.29) is 11.1 Å². The molecule has 1 aromatic carbocycles. The second-order valence-electron chi connectivity index (χ2n) is 3.37. The minimum Gasteiger partial charge on any atom is -0.295 e. The van der Waals surface area contributed by atoms with Gasteiger partial charge in [0.1, 0.15) is 0 Å². The molecule has 0 saturated heterocycles. The van der Waals surface area contributed by atoms with Crippen LogP contribution >= 0.6 is 10.7 Å². The van der Waals surface area contributed by atoms with Gasteiger partial charge in [-0.1, -0.05) is 0 Å². The minimum absolute atomic E-state index is 0.0680. The van der Waals surface area contributed by atoms with Crippen molar-refractivity contribution in [2.24, 2.45) is 0 Å². The number of Topliss-reactive ketones (excluding diaryl/α,β-unsaturated/α-hetero) is 1. The van der Waals surface area contributed by atoms with E-state index in [1.54, 1.807) is 0 Å². The first kappa shape index (κ1) is 13.6. The van der Waals surface area contributed by atoms with Gasteiger partial charge >= 0.3 is 0 Å². The highest BCUT2D eigenvalue weighted by molar-refractivity contribution is 8.13. The van der Waals surface area contributed by atoms with E-state index in [0.29, 0.717) is 0 Å². The molecule has 1 aromatic rings. The Labute approximate surface area is 102 Å². The number of hydrogen-bond donors (Lipinski definition) is 0. The number of hydrogen-bond acceptors (Lipinski definition) is 5. The molecule has 0 aromatic heterocycles. The Bertz CT molecular complexity index is 608. The number of carbonyl (C=O) groups is 1. The first-order valence-electron chi connectivity index (χ1n) is 4.39. The molecule has 0 aliphatic carbocycles. The zero-order chi connectivity index (χ0) is 13.4. The van der Waals surface area contributed by atoms with Gasteiger partial charge in [-0.15, -0.1) is 0 Å². The summed E-state index contributed by atoms with van der Waals surface area (Å²) in [7, 11) is 1.03. The molecule has 0 N–H and O–H groups in total. The summed E-state index contributed by atoms with van der Waals surface area (Å²) in [5.41, 5.74) is -0.603. The number of rotatable bonds is 3. The SMILES string of the molecule is CC(=O)c1cc([N+](=O)[O-])c(C)c(S(=O)(=O)Cl)c1. The molecular weight excluding hydrogens is 270 g/mol. The van der Waals surface area contributed by atoms with Crippen LogP contribution in [-0.2, 0) is 9.05 Å². The highest BCUT2D eigenvalue weighted by Crippen LogP contribution is 2.29. The van der Waals surface area contributed by atoms with Gasteiger partial charge in [0.25, 0.3) is 14.7 Å². The van der Waals surface area contributed by atoms with E-state index in [0.717, 1.165) is 12.1 Å². The van der Waals surface area contributed by atoms with E-state index in [4.69, 9.17) is 10.7 Å². The van der Waals surface area contributed by atoms with Crippen LogP contribution in [0.1, 0.15) is 22.8 Å². The first-order valence-corrected chi connectivity index (χ1v) is 6.70. The summed E-state index contributed by atoms with van der Waals surface area (Å²) in [6.45, 7) is 2.44. The molecule has 92 valence electrons. The monoisotopic (exact) mass is 277 g/mol. The van der Waals surface area contributed by atoms with Gasteiger partial charge < -0.3 is 0 Å². The van der Waals surface area contributed by atoms with Crippen molar-refractivity contribution in [3.8, 4) is 0 Å². The fourth-order valence-corrected chi connectivity index (χ4v) is 2.54. The Morgan fingerprint density at radius 3 is 2.29 bits per heavy atom. The van der Waals surface area contributed by atoms with Crippen molar-refractivity contribution in [2.45, 2.75) is 18.7 Å². The van der Waals surface area contributed by atoms with Crippen molar-refractivity contribution in [2.75, 3.05) is 0 Å².